The lowest BCUT2D eigenvalue weighted by Crippen LogP contribution is -2.15. The van der Waals surface area contributed by atoms with Crippen molar-refractivity contribution < 1.29 is 0 Å². The molecule has 0 amide bonds. The van der Waals surface area contributed by atoms with E-state index >= 15 is 0 Å². The molecule has 1 N–H and O–H groups in total. The molecule has 0 atom stereocenters. The van der Waals surface area contributed by atoms with Gasteiger partial charge in [0.2, 0.25) is 5.69 Å². The SMILES string of the molecule is N#Cc1nc(-c2ccc(Cl)cc2)c(-c2ccc(Cl)cc2)[nH]c1=O. The predicted molar refractivity (Wildman–Crippen MR) is 90.5 cm³/mol. The minimum Gasteiger partial charge on any atom is -0.318 e. The molecule has 3 aromatic rings. The van der Waals surface area contributed by atoms with Gasteiger partial charge in [-0.1, -0.05) is 47.5 Å². The molecule has 6 heteroatoms. The first-order valence-electron chi connectivity index (χ1n) is 6.65. The Balaban J connectivity index is 2.27. The van der Waals surface area contributed by atoms with Gasteiger partial charge < -0.3 is 4.98 Å². The van der Waals surface area contributed by atoms with Gasteiger partial charge in [-0.05, 0) is 24.3 Å². The highest BCUT2D eigenvalue weighted by molar-refractivity contribution is 6.31. The Morgan fingerprint density at radius 1 is 0.913 bits per heavy atom. The topological polar surface area (TPSA) is 69.5 Å². The zero-order chi connectivity index (χ0) is 16.4. The van der Waals surface area contributed by atoms with E-state index in [0.717, 1.165) is 11.1 Å². The van der Waals surface area contributed by atoms with Gasteiger partial charge in [-0.2, -0.15) is 5.26 Å². The highest BCUT2D eigenvalue weighted by Gasteiger charge is 2.14. The van der Waals surface area contributed by atoms with E-state index in [2.05, 4.69) is 9.97 Å². The van der Waals surface area contributed by atoms with Crippen LogP contribution in [0.1, 0.15) is 5.69 Å². The van der Waals surface area contributed by atoms with E-state index in [1.165, 1.54) is 0 Å². The molecule has 0 radical (unpaired) electrons. The van der Waals surface area contributed by atoms with Crippen molar-refractivity contribution in [1.82, 2.24) is 9.97 Å². The number of nitrogens with zero attached hydrogens (tertiary/aromatic N) is 2. The molecule has 3 rings (SSSR count). The van der Waals surface area contributed by atoms with E-state index in [1.807, 2.05) is 0 Å². The first-order chi connectivity index (χ1) is 11.1. The average Bonchev–Trinajstić information content (AvgIpc) is 2.56. The van der Waals surface area contributed by atoms with E-state index in [9.17, 15) is 4.79 Å². The number of aromatic nitrogens is 2. The Labute approximate surface area is 142 Å². The second kappa shape index (κ2) is 6.25. The lowest BCUT2D eigenvalue weighted by Gasteiger charge is -2.09. The number of hydrogen-bond acceptors (Lipinski definition) is 3. The van der Waals surface area contributed by atoms with Gasteiger partial charge in [-0.25, -0.2) is 4.98 Å². The molecule has 0 unspecified atom stereocenters. The highest BCUT2D eigenvalue weighted by atomic mass is 35.5. The third-order valence-corrected chi connectivity index (χ3v) is 3.77. The maximum absolute atomic E-state index is 12.0. The van der Waals surface area contributed by atoms with Crippen LogP contribution in [0, 0.1) is 11.3 Å². The minimum atomic E-state index is -0.532. The largest absolute Gasteiger partial charge is 0.318 e. The van der Waals surface area contributed by atoms with E-state index < -0.39 is 5.56 Å². The lowest BCUT2D eigenvalue weighted by molar-refractivity contribution is 1.11. The molecular formula is C17H9Cl2N3O. The van der Waals surface area contributed by atoms with Gasteiger partial charge in [0.1, 0.15) is 6.07 Å². The number of rotatable bonds is 2. The molecule has 0 saturated heterocycles. The minimum absolute atomic E-state index is 0.187. The molecule has 0 aliphatic rings. The van der Waals surface area contributed by atoms with Crippen LogP contribution in [-0.4, -0.2) is 9.97 Å². The predicted octanol–water partition coefficient (Wildman–Crippen LogP) is 4.28. The second-order valence-corrected chi connectivity index (χ2v) is 5.64. The monoisotopic (exact) mass is 341 g/mol. The average molecular weight is 342 g/mol. The quantitative estimate of drug-likeness (QED) is 0.756. The molecule has 112 valence electrons. The number of nitrogens with one attached hydrogen (secondary N) is 1. The molecule has 0 saturated carbocycles. The molecule has 0 aliphatic carbocycles. The van der Waals surface area contributed by atoms with Crippen molar-refractivity contribution in [2.45, 2.75) is 0 Å². The molecule has 1 heterocycles. The fourth-order valence-corrected chi connectivity index (χ4v) is 2.42. The Kier molecular flexibility index (Phi) is 4.16. The first kappa shape index (κ1) is 15.3. The van der Waals surface area contributed by atoms with Crippen LogP contribution in [0.2, 0.25) is 10.0 Å². The molecule has 1 aromatic heterocycles. The third-order valence-electron chi connectivity index (χ3n) is 3.27. The number of hydrogen-bond donors (Lipinski definition) is 1. The van der Waals surface area contributed by atoms with Gasteiger partial charge in [0.05, 0.1) is 11.4 Å². The summed E-state index contributed by atoms with van der Waals surface area (Å²) in [5.74, 6) is 0. The molecule has 0 fully saturated rings. The van der Waals surface area contributed by atoms with Crippen LogP contribution >= 0.6 is 23.2 Å². The molecule has 0 aliphatic heterocycles. The van der Waals surface area contributed by atoms with Crippen LogP contribution in [0.5, 0.6) is 0 Å². The van der Waals surface area contributed by atoms with Gasteiger partial charge >= 0.3 is 0 Å². The van der Waals surface area contributed by atoms with E-state index in [0.29, 0.717) is 21.4 Å². The van der Waals surface area contributed by atoms with Crippen molar-refractivity contribution in [3.63, 3.8) is 0 Å². The van der Waals surface area contributed by atoms with Crippen LogP contribution in [0.4, 0.5) is 0 Å². The smallest absolute Gasteiger partial charge is 0.285 e. The Hall–Kier alpha value is -2.61. The first-order valence-corrected chi connectivity index (χ1v) is 7.40. The van der Waals surface area contributed by atoms with Crippen molar-refractivity contribution >= 4 is 23.2 Å². The summed E-state index contributed by atoms with van der Waals surface area (Å²) in [6.45, 7) is 0. The van der Waals surface area contributed by atoms with Gasteiger partial charge in [0.25, 0.3) is 5.56 Å². The molecule has 0 bridgehead atoms. The van der Waals surface area contributed by atoms with Crippen molar-refractivity contribution in [3.8, 4) is 28.6 Å². The maximum atomic E-state index is 12.0. The van der Waals surface area contributed by atoms with Gasteiger partial charge in [0.15, 0.2) is 0 Å². The Bertz CT molecular complexity index is 955. The fourth-order valence-electron chi connectivity index (χ4n) is 2.17. The Morgan fingerprint density at radius 3 is 1.96 bits per heavy atom. The van der Waals surface area contributed by atoms with Gasteiger partial charge in [0, 0.05) is 21.2 Å². The Morgan fingerprint density at radius 2 is 1.43 bits per heavy atom. The molecule has 23 heavy (non-hydrogen) atoms. The van der Waals surface area contributed by atoms with Crippen LogP contribution in [0.15, 0.2) is 53.3 Å². The molecular weight excluding hydrogens is 333 g/mol. The summed E-state index contributed by atoms with van der Waals surface area (Å²) in [6.07, 6.45) is 0. The normalized spacial score (nSPS) is 10.3. The standard InChI is InChI=1S/C17H9Cl2N3O/c18-12-5-1-10(2-6-12)15-16(11-3-7-13(19)8-4-11)22-17(23)14(9-20)21-15/h1-8H,(H,22,23). The van der Waals surface area contributed by atoms with E-state index in [4.69, 9.17) is 28.5 Å². The number of benzene rings is 2. The number of aromatic amines is 1. The second-order valence-electron chi connectivity index (χ2n) is 4.76. The van der Waals surface area contributed by atoms with Gasteiger partial charge in [-0.3, -0.25) is 4.79 Å². The number of H-pyrrole nitrogens is 1. The van der Waals surface area contributed by atoms with Crippen LogP contribution in [0.25, 0.3) is 22.5 Å². The molecule has 0 spiro atoms. The number of nitriles is 1. The van der Waals surface area contributed by atoms with Gasteiger partial charge in [-0.15, -0.1) is 0 Å². The van der Waals surface area contributed by atoms with Crippen LogP contribution < -0.4 is 5.56 Å². The summed E-state index contributed by atoms with van der Waals surface area (Å²) in [5.41, 5.74) is 1.79. The van der Waals surface area contributed by atoms with Crippen LogP contribution in [-0.2, 0) is 0 Å². The summed E-state index contributed by atoms with van der Waals surface area (Å²) >= 11 is 11.8. The number of halogens is 2. The van der Waals surface area contributed by atoms with Crippen molar-refractivity contribution in [3.05, 3.63) is 74.6 Å². The van der Waals surface area contributed by atoms with Crippen molar-refractivity contribution in [2.24, 2.45) is 0 Å². The van der Waals surface area contributed by atoms with Crippen LogP contribution in [0.3, 0.4) is 0 Å². The summed E-state index contributed by atoms with van der Waals surface area (Å²) in [5, 5.41) is 10.2. The van der Waals surface area contributed by atoms with Crippen molar-refractivity contribution in [1.29, 1.82) is 5.26 Å². The summed E-state index contributed by atoms with van der Waals surface area (Å²) in [4.78, 5) is 18.9. The molecule has 4 nitrogen and oxygen atoms in total. The maximum Gasteiger partial charge on any atom is 0.285 e. The summed E-state index contributed by atoms with van der Waals surface area (Å²) in [6, 6.07) is 15.8. The lowest BCUT2D eigenvalue weighted by atomic mass is 10.0. The fraction of sp³-hybridized carbons (Fsp3) is 0. The summed E-state index contributed by atoms with van der Waals surface area (Å²) in [7, 11) is 0. The zero-order valence-corrected chi connectivity index (χ0v) is 13.2. The van der Waals surface area contributed by atoms with Crippen molar-refractivity contribution in [2.75, 3.05) is 0 Å². The third kappa shape index (κ3) is 3.11. The zero-order valence-electron chi connectivity index (χ0n) is 11.7. The highest BCUT2D eigenvalue weighted by Crippen LogP contribution is 2.29. The molecule has 2 aromatic carbocycles. The van der Waals surface area contributed by atoms with E-state index in [1.54, 1.807) is 54.6 Å². The van der Waals surface area contributed by atoms with E-state index in [-0.39, 0.29) is 5.69 Å². The summed E-state index contributed by atoms with van der Waals surface area (Å²) < 4.78 is 0.